The topological polar surface area (TPSA) is 64.2 Å². The van der Waals surface area contributed by atoms with Crippen LogP contribution in [0.15, 0.2) is 59.6 Å². The van der Waals surface area contributed by atoms with Gasteiger partial charge in [0.1, 0.15) is 0 Å². The van der Waals surface area contributed by atoms with Gasteiger partial charge in [0.05, 0.1) is 13.1 Å². The van der Waals surface area contributed by atoms with Crippen molar-refractivity contribution in [3.05, 3.63) is 76.2 Å². The predicted molar refractivity (Wildman–Crippen MR) is 95.4 cm³/mol. The molecular formula is C18H20N4OS. The molecule has 2 N–H and O–H groups in total. The van der Waals surface area contributed by atoms with E-state index in [0.717, 1.165) is 0 Å². The Morgan fingerprint density at radius 2 is 2.00 bits per heavy atom. The summed E-state index contributed by atoms with van der Waals surface area (Å²) in [6.07, 6.45) is 3.72. The first-order chi connectivity index (χ1) is 11.7. The monoisotopic (exact) mass is 340 g/mol. The van der Waals surface area contributed by atoms with Crippen LogP contribution in [0.25, 0.3) is 0 Å². The molecule has 0 unspecified atom stereocenters. The molecule has 2 heterocycles. The zero-order valence-electron chi connectivity index (χ0n) is 13.3. The Balaban J connectivity index is 1.77. The summed E-state index contributed by atoms with van der Waals surface area (Å²) in [6, 6.07) is 12.2. The quantitative estimate of drug-likeness (QED) is 0.685. The van der Waals surface area contributed by atoms with Crippen LogP contribution in [-0.4, -0.2) is 27.1 Å². The first-order valence-corrected chi connectivity index (χ1v) is 8.71. The van der Waals surface area contributed by atoms with Gasteiger partial charge in [0, 0.05) is 25.5 Å². The second-order valence-electron chi connectivity index (χ2n) is 5.72. The minimum atomic E-state index is -0.310. The maximum Gasteiger partial charge on any atom is 0.231 e. The van der Waals surface area contributed by atoms with E-state index >= 15 is 0 Å². The Bertz CT molecular complexity index is 768. The molecule has 0 atom stereocenters. The van der Waals surface area contributed by atoms with Crippen molar-refractivity contribution in [2.24, 2.45) is 5.73 Å². The van der Waals surface area contributed by atoms with Gasteiger partial charge < -0.3 is 5.73 Å². The lowest BCUT2D eigenvalue weighted by molar-refractivity contribution is -0.119. The van der Waals surface area contributed by atoms with E-state index in [1.165, 1.54) is 16.7 Å². The molecule has 24 heavy (non-hydrogen) atoms. The predicted octanol–water partition coefficient (Wildman–Crippen LogP) is 2.48. The van der Waals surface area contributed by atoms with Crippen LogP contribution < -0.4 is 5.73 Å². The number of hydrogen-bond donors (Lipinski definition) is 1. The maximum atomic E-state index is 11.4. The molecule has 0 bridgehead atoms. The van der Waals surface area contributed by atoms with Crippen LogP contribution in [-0.2, 0) is 24.4 Å². The van der Waals surface area contributed by atoms with Crippen LogP contribution in [0.5, 0.6) is 0 Å². The molecule has 3 aromatic rings. The molecule has 6 heteroatoms. The van der Waals surface area contributed by atoms with Crippen molar-refractivity contribution in [3.63, 3.8) is 0 Å². The molecule has 0 saturated heterocycles. The fraction of sp³-hybridized carbons (Fsp3) is 0.222. The number of nitrogens with zero attached hydrogens (tertiary/aromatic N) is 3. The van der Waals surface area contributed by atoms with Gasteiger partial charge in [0.2, 0.25) is 5.91 Å². The SMILES string of the molecule is NC(=O)CN(Cc1ccsc1)Cc1ccccc1Cn1cccn1. The Hall–Kier alpha value is -2.44. The largest absolute Gasteiger partial charge is 0.369 e. The van der Waals surface area contributed by atoms with Gasteiger partial charge in [0.15, 0.2) is 0 Å². The molecule has 0 saturated carbocycles. The van der Waals surface area contributed by atoms with Crippen LogP contribution in [0.2, 0.25) is 0 Å². The summed E-state index contributed by atoms with van der Waals surface area (Å²) in [7, 11) is 0. The number of thiophene rings is 1. The van der Waals surface area contributed by atoms with Gasteiger partial charge in [-0.1, -0.05) is 24.3 Å². The molecule has 1 amide bonds. The van der Waals surface area contributed by atoms with Crippen molar-refractivity contribution in [3.8, 4) is 0 Å². The molecule has 1 aromatic carbocycles. The van der Waals surface area contributed by atoms with E-state index in [2.05, 4.69) is 33.6 Å². The zero-order chi connectivity index (χ0) is 16.8. The molecular weight excluding hydrogens is 320 g/mol. The van der Waals surface area contributed by atoms with Crippen LogP contribution >= 0.6 is 11.3 Å². The van der Waals surface area contributed by atoms with Gasteiger partial charge in [-0.2, -0.15) is 16.4 Å². The summed E-state index contributed by atoms with van der Waals surface area (Å²) < 4.78 is 1.90. The first kappa shape index (κ1) is 16.4. The van der Waals surface area contributed by atoms with Crippen LogP contribution in [0, 0.1) is 0 Å². The molecule has 124 valence electrons. The van der Waals surface area contributed by atoms with E-state index in [4.69, 9.17) is 5.73 Å². The van der Waals surface area contributed by atoms with Gasteiger partial charge in [-0.3, -0.25) is 14.4 Å². The van der Waals surface area contributed by atoms with E-state index in [1.807, 2.05) is 34.5 Å². The average molecular weight is 340 g/mol. The third kappa shape index (κ3) is 4.53. The summed E-state index contributed by atoms with van der Waals surface area (Å²) in [5.74, 6) is -0.310. The van der Waals surface area contributed by atoms with E-state index in [-0.39, 0.29) is 12.5 Å². The van der Waals surface area contributed by atoms with E-state index in [0.29, 0.717) is 19.6 Å². The highest BCUT2D eigenvalue weighted by molar-refractivity contribution is 7.07. The van der Waals surface area contributed by atoms with Crippen LogP contribution in [0.1, 0.15) is 16.7 Å². The summed E-state index contributed by atoms with van der Waals surface area (Å²) in [6.45, 7) is 2.34. The van der Waals surface area contributed by atoms with Crippen LogP contribution in [0.4, 0.5) is 0 Å². The standard InChI is InChI=1S/C18H20N4OS/c19-18(23)13-21(10-15-6-9-24-14-15)11-16-4-1-2-5-17(16)12-22-8-3-7-20-22/h1-9,14H,10-13H2,(H2,19,23). The fourth-order valence-corrected chi connectivity index (χ4v) is 3.36. The third-order valence-corrected chi connectivity index (χ3v) is 4.50. The smallest absolute Gasteiger partial charge is 0.231 e. The van der Waals surface area contributed by atoms with Crippen molar-refractivity contribution in [2.75, 3.05) is 6.54 Å². The van der Waals surface area contributed by atoms with E-state index < -0.39 is 0 Å². The lowest BCUT2D eigenvalue weighted by Crippen LogP contribution is -2.33. The highest BCUT2D eigenvalue weighted by atomic mass is 32.1. The van der Waals surface area contributed by atoms with Gasteiger partial charge in [0.25, 0.3) is 0 Å². The van der Waals surface area contributed by atoms with Crippen molar-refractivity contribution in [1.29, 1.82) is 0 Å². The van der Waals surface area contributed by atoms with Gasteiger partial charge >= 0.3 is 0 Å². The van der Waals surface area contributed by atoms with E-state index in [9.17, 15) is 4.79 Å². The number of benzene rings is 1. The van der Waals surface area contributed by atoms with Crippen molar-refractivity contribution >= 4 is 17.2 Å². The summed E-state index contributed by atoms with van der Waals surface area (Å²) >= 11 is 1.66. The molecule has 3 rings (SSSR count). The third-order valence-electron chi connectivity index (χ3n) is 3.77. The molecule has 0 aliphatic rings. The summed E-state index contributed by atoms with van der Waals surface area (Å²) in [5, 5.41) is 8.42. The summed E-state index contributed by atoms with van der Waals surface area (Å²) in [4.78, 5) is 13.5. The Morgan fingerprint density at radius 3 is 2.67 bits per heavy atom. The average Bonchev–Trinajstić information content (AvgIpc) is 3.22. The molecule has 2 aromatic heterocycles. The Morgan fingerprint density at radius 1 is 1.17 bits per heavy atom. The minimum absolute atomic E-state index is 0.242. The first-order valence-electron chi connectivity index (χ1n) is 7.76. The molecule has 0 spiro atoms. The van der Waals surface area contributed by atoms with Gasteiger partial charge in [-0.05, 0) is 39.6 Å². The summed E-state index contributed by atoms with van der Waals surface area (Å²) in [5.41, 5.74) is 9.01. The molecule has 0 aliphatic carbocycles. The molecule has 5 nitrogen and oxygen atoms in total. The van der Waals surface area contributed by atoms with Crippen molar-refractivity contribution < 1.29 is 4.79 Å². The molecule has 0 fully saturated rings. The second-order valence-corrected chi connectivity index (χ2v) is 6.50. The second kappa shape index (κ2) is 7.90. The highest BCUT2D eigenvalue weighted by Crippen LogP contribution is 2.16. The number of carbonyl (C=O) groups excluding carboxylic acids is 1. The Kier molecular flexibility index (Phi) is 5.40. The molecule has 0 radical (unpaired) electrons. The van der Waals surface area contributed by atoms with Crippen molar-refractivity contribution in [2.45, 2.75) is 19.6 Å². The molecule has 0 aliphatic heterocycles. The van der Waals surface area contributed by atoms with E-state index in [1.54, 1.807) is 17.5 Å². The number of amides is 1. The Labute approximate surface area is 145 Å². The highest BCUT2D eigenvalue weighted by Gasteiger charge is 2.13. The zero-order valence-corrected chi connectivity index (χ0v) is 14.2. The number of nitrogens with two attached hydrogens (primary N) is 1. The van der Waals surface area contributed by atoms with Crippen molar-refractivity contribution in [1.82, 2.24) is 14.7 Å². The minimum Gasteiger partial charge on any atom is -0.369 e. The lowest BCUT2D eigenvalue weighted by atomic mass is 10.1. The number of rotatable bonds is 8. The van der Waals surface area contributed by atoms with Gasteiger partial charge in [-0.15, -0.1) is 0 Å². The van der Waals surface area contributed by atoms with Gasteiger partial charge in [-0.25, -0.2) is 0 Å². The normalized spacial score (nSPS) is 11.0. The number of aromatic nitrogens is 2. The number of hydrogen-bond acceptors (Lipinski definition) is 4. The lowest BCUT2D eigenvalue weighted by Gasteiger charge is -2.22. The van der Waals surface area contributed by atoms with Crippen LogP contribution in [0.3, 0.4) is 0 Å². The fourth-order valence-electron chi connectivity index (χ4n) is 2.70. The number of carbonyl (C=O) groups is 1. The maximum absolute atomic E-state index is 11.4. The number of primary amides is 1.